The van der Waals surface area contributed by atoms with Gasteiger partial charge in [-0.25, -0.2) is 17.1 Å². The minimum absolute atomic E-state index is 0.0658. The predicted octanol–water partition coefficient (Wildman–Crippen LogP) is 1.17. The zero-order valence-electron chi connectivity index (χ0n) is 10.00. The number of benzene rings is 1. The molecule has 0 heterocycles. The minimum atomic E-state index is -3.78. The van der Waals surface area contributed by atoms with Gasteiger partial charge in [0.25, 0.3) is 0 Å². The fourth-order valence-corrected chi connectivity index (χ4v) is 2.61. The summed E-state index contributed by atoms with van der Waals surface area (Å²) in [7, 11) is -2.49. The molecule has 0 aromatic heterocycles. The summed E-state index contributed by atoms with van der Waals surface area (Å²) < 4.78 is 37.7. The average molecular weight is 275 g/mol. The monoisotopic (exact) mass is 275 g/mol. The number of nitrogens with zero attached hydrogens (tertiary/aromatic N) is 1. The van der Waals surface area contributed by atoms with Gasteiger partial charge in [-0.1, -0.05) is 6.92 Å². The van der Waals surface area contributed by atoms with Crippen LogP contribution in [0.15, 0.2) is 29.2 Å². The van der Waals surface area contributed by atoms with Gasteiger partial charge in [0.05, 0.1) is 10.8 Å². The standard InChI is InChI=1S/C11H14FNO4S/c1-8(11(14)15)7-13(2)18(16,17)10-5-3-9(12)4-6-10/h3-6,8H,7H2,1-2H3,(H,14,15). The Labute approximate surface area is 105 Å². The van der Waals surface area contributed by atoms with Crippen LogP contribution in [0, 0.1) is 11.7 Å². The molecule has 7 heteroatoms. The number of hydrogen-bond donors (Lipinski definition) is 1. The molecule has 0 aliphatic heterocycles. The molecule has 0 aliphatic carbocycles. The topological polar surface area (TPSA) is 74.7 Å². The van der Waals surface area contributed by atoms with E-state index < -0.39 is 27.7 Å². The maximum absolute atomic E-state index is 12.7. The van der Waals surface area contributed by atoms with Crippen molar-refractivity contribution in [2.75, 3.05) is 13.6 Å². The lowest BCUT2D eigenvalue weighted by atomic mass is 10.2. The van der Waals surface area contributed by atoms with Gasteiger partial charge in [-0.05, 0) is 24.3 Å². The van der Waals surface area contributed by atoms with Gasteiger partial charge < -0.3 is 5.11 Å². The molecule has 1 rings (SSSR count). The molecule has 0 bridgehead atoms. The molecule has 0 spiro atoms. The second-order valence-electron chi connectivity index (χ2n) is 3.98. The van der Waals surface area contributed by atoms with Crippen LogP contribution in [0.2, 0.25) is 0 Å². The molecular weight excluding hydrogens is 261 g/mol. The lowest BCUT2D eigenvalue weighted by molar-refractivity contribution is -0.141. The molecule has 1 aromatic rings. The lowest BCUT2D eigenvalue weighted by Gasteiger charge is -2.19. The highest BCUT2D eigenvalue weighted by atomic mass is 32.2. The van der Waals surface area contributed by atoms with Crippen molar-refractivity contribution >= 4 is 16.0 Å². The van der Waals surface area contributed by atoms with Gasteiger partial charge >= 0.3 is 5.97 Å². The van der Waals surface area contributed by atoms with Crippen LogP contribution in [0.3, 0.4) is 0 Å². The van der Waals surface area contributed by atoms with Crippen molar-refractivity contribution in [3.63, 3.8) is 0 Å². The largest absolute Gasteiger partial charge is 0.481 e. The van der Waals surface area contributed by atoms with E-state index in [1.54, 1.807) is 0 Å². The first-order valence-electron chi connectivity index (χ1n) is 5.20. The van der Waals surface area contributed by atoms with Gasteiger partial charge in [-0.2, -0.15) is 0 Å². The smallest absolute Gasteiger partial charge is 0.307 e. The number of halogens is 1. The maximum atomic E-state index is 12.7. The summed E-state index contributed by atoms with van der Waals surface area (Å²) in [5.74, 6) is -2.42. The van der Waals surface area contributed by atoms with Gasteiger partial charge in [0.2, 0.25) is 10.0 Å². The second-order valence-corrected chi connectivity index (χ2v) is 6.02. The highest BCUT2D eigenvalue weighted by Gasteiger charge is 2.24. The van der Waals surface area contributed by atoms with E-state index in [-0.39, 0.29) is 11.4 Å². The SMILES string of the molecule is CC(CN(C)S(=O)(=O)c1ccc(F)cc1)C(=O)O. The third-order valence-corrected chi connectivity index (χ3v) is 4.31. The van der Waals surface area contributed by atoms with Crippen LogP contribution in [0.4, 0.5) is 4.39 Å². The predicted molar refractivity (Wildman–Crippen MR) is 63.0 cm³/mol. The van der Waals surface area contributed by atoms with Crippen LogP contribution in [0.1, 0.15) is 6.92 Å². The molecule has 1 unspecified atom stereocenters. The summed E-state index contributed by atoms with van der Waals surface area (Å²) in [6.45, 7) is 1.27. The van der Waals surface area contributed by atoms with Crippen LogP contribution in [-0.2, 0) is 14.8 Å². The van der Waals surface area contributed by atoms with Crippen molar-refractivity contribution in [3.8, 4) is 0 Å². The third-order valence-electron chi connectivity index (χ3n) is 2.47. The molecule has 0 amide bonds. The molecule has 0 aliphatic rings. The van der Waals surface area contributed by atoms with E-state index in [2.05, 4.69) is 0 Å². The van der Waals surface area contributed by atoms with Crippen LogP contribution >= 0.6 is 0 Å². The number of carbonyl (C=O) groups is 1. The van der Waals surface area contributed by atoms with Crippen molar-refractivity contribution in [1.29, 1.82) is 0 Å². The molecule has 0 fully saturated rings. The molecule has 5 nitrogen and oxygen atoms in total. The fourth-order valence-electron chi connectivity index (χ4n) is 1.35. The Morgan fingerprint density at radius 2 is 1.89 bits per heavy atom. The zero-order chi connectivity index (χ0) is 13.9. The van der Waals surface area contributed by atoms with Gasteiger partial charge in [0, 0.05) is 13.6 Å². The normalized spacial score (nSPS) is 13.6. The van der Waals surface area contributed by atoms with Gasteiger partial charge in [-0.3, -0.25) is 4.79 Å². The highest BCUT2D eigenvalue weighted by Crippen LogP contribution is 2.16. The van der Waals surface area contributed by atoms with E-state index in [9.17, 15) is 17.6 Å². The Kier molecular flexibility index (Phi) is 4.42. The second kappa shape index (κ2) is 5.45. The summed E-state index contributed by atoms with van der Waals surface area (Å²) in [5.41, 5.74) is 0. The molecule has 0 saturated heterocycles. The molecule has 1 atom stereocenters. The van der Waals surface area contributed by atoms with E-state index in [1.165, 1.54) is 14.0 Å². The minimum Gasteiger partial charge on any atom is -0.481 e. The van der Waals surface area contributed by atoms with Crippen LogP contribution in [-0.4, -0.2) is 37.4 Å². The Morgan fingerprint density at radius 1 is 1.39 bits per heavy atom. The number of rotatable bonds is 5. The first-order chi connectivity index (χ1) is 8.25. The van der Waals surface area contributed by atoms with E-state index in [0.29, 0.717) is 0 Å². The molecule has 1 aromatic carbocycles. The lowest BCUT2D eigenvalue weighted by Crippen LogP contribution is -2.33. The van der Waals surface area contributed by atoms with Crippen molar-refractivity contribution in [2.45, 2.75) is 11.8 Å². The Hall–Kier alpha value is -1.47. The number of hydrogen-bond acceptors (Lipinski definition) is 3. The van der Waals surface area contributed by atoms with E-state index >= 15 is 0 Å². The summed E-state index contributed by atoms with van der Waals surface area (Å²) in [6, 6.07) is 4.38. The fraction of sp³-hybridized carbons (Fsp3) is 0.364. The Morgan fingerprint density at radius 3 is 2.33 bits per heavy atom. The molecule has 18 heavy (non-hydrogen) atoms. The molecule has 0 saturated carbocycles. The molecule has 0 radical (unpaired) electrons. The summed E-state index contributed by atoms with van der Waals surface area (Å²) in [5, 5.41) is 8.73. The molecule has 100 valence electrons. The number of aliphatic carboxylic acids is 1. The maximum Gasteiger partial charge on any atom is 0.307 e. The number of sulfonamides is 1. The first-order valence-corrected chi connectivity index (χ1v) is 6.64. The average Bonchev–Trinajstić information content (AvgIpc) is 2.29. The van der Waals surface area contributed by atoms with Crippen molar-refractivity contribution in [2.24, 2.45) is 5.92 Å². The van der Waals surface area contributed by atoms with Crippen LogP contribution < -0.4 is 0 Å². The van der Waals surface area contributed by atoms with E-state index in [1.807, 2.05) is 0 Å². The van der Waals surface area contributed by atoms with Crippen molar-refractivity contribution in [3.05, 3.63) is 30.1 Å². The summed E-state index contributed by atoms with van der Waals surface area (Å²) in [6.07, 6.45) is 0. The zero-order valence-corrected chi connectivity index (χ0v) is 10.8. The first kappa shape index (κ1) is 14.6. The van der Waals surface area contributed by atoms with Gasteiger partial charge in [0.15, 0.2) is 0 Å². The van der Waals surface area contributed by atoms with Crippen LogP contribution in [0.5, 0.6) is 0 Å². The molecule has 1 N–H and O–H groups in total. The number of carboxylic acid groups (broad SMARTS) is 1. The van der Waals surface area contributed by atoms with Gasteiger partial charge in [-0.15, -0.1) is 0 Å². The Balaban J connectivity index is 2.93. The van der Waals surface area contributed by atoms with Crippen LogP contribution in [0.25, 0.3) is 0 Å². The van der Waals surface area contributed by atoms with E-state index in [4.69, 9.17) is 5.11 Å². The summed E-state index contributed by atoms with van der Waals surface area (Å²) >= 11 is 0. The van der Waals surface area contributed by atoms with E-state index in [0.717, 1.165) is 28.6 Å². The third kappa shape index (κ3) is 3.27. The highest BCUT2D eigenvalue weighted by molar-refractivity contribution is 7.89. The van der Waals surface area contributed by atoms with Crippen molar-refractivity contribution in [1.82, 2.24) is 4.31 Å². The Bertz CT molecular complexity index is 526. The number of carboxylic acids is 1. The van der Waals surface area contributed by atoms with Crippen molar-refractivity contribution < 1.29 is 22.7 Å². The molecular formula is C11H14FNO4S. The van der Waals surface area contributed by atoms with Gasteiger partial charge in [0.1, 0.15) is 5.82 Å². The quantitative estimate of drug-likeness (QED) is 0.875. The summed E-state index contributed by atoms with van der Waals surface area (Å²) in [4.78, 5) is 10.6.